The van der Waals surface area contributed by atoms with E-state index in [0.29, 0.717) is 26.8 Å². The molecule has 2 N–H and O–H groups in total. The summed E-state index contributed by atoms with van der Waals surface area (Å²) in [5.74, 6) is -1.14. The lowest BCUT2D eigenvalue weighted by Crippen LogP contribution is -2.19. The first kappa shape index (κ1) is 17.3. The number of carboxylic acid groups (broad SMARTS) is 1. The number of anilines is 1. The van der Waals surface area contributed by atoms with Gasteiger partial charge in [0.2, 0.25) is 0 Å². The van der Waals surface area contributed by atoms with Gasteiger partial charge >= 0.3 is 5.97 Å². The van der Waals surface area contributed by atoms with Crippen LogP contribution in [0.25, 0.3) is 10.2 Å². The normalized spacial score (nSPS) is 10.7. The Labute approximate surface area is 150 Å². The maximum atomic E-state index is 12.9. The predicted molar refractivity (Wildman–Crippen MR) is 102 cm³/mol. The highest BCUT2D eigenvalue weighted by atomic mass is 32.1. The van der Waals surface area contributed by atoms with E-state index in [-0.39, 0.29) is 11.3 Å². The van der Waals surface area contributed by atoms with Crippen LogP contribution in [0.15, 0.2) is 30.3 Å². The van der Waals surface area contributed by atoms with E-state index < -0.39 is 11.9 Å². The molecule has 0 aliphatic rings. The highest BCUT2D eigenvalue weighted by Gasteiger charge is 2.21. The molecule has 0 spiro atoms. The second kappa shape index (κ2) is 6.78. The fourth-order valence-electron chi connectivity index (χ4n) is 2.57. The molecule has 3 rings (SSSR count). The van der Waals surface area contributed by atoms with E-state index >= 15 is 0 Å². The zero-order valence-corrected chi connectivity index (χ0v) is 15.5. The largest absolute Gasteiger partial charge is 0.496 e. The average Bonchev–Trinajstić information content (AvgIpc) is 2.93. The van der Waals surface area contributed by atoms with E-state index in [1.165, 1.54) is 18.4 Å². The summed E-state index contributed by atoms with van der Waals surface area (Å²) in [6.45, 7) is 1.86. The fourth-order valence-corrected chi connectivity index (χ4v) is 3.91. The Morgan fingerprint density at radius 3 is 2.68 bits per heavy atom. The van der Waals surface area contributed by atoms with Gasteiger partial charge in [-0.1, -0.05) is 12.1 Å². The maximum Gasteiger partial charge on any atom is 0.338 e. The highest BCUT2D eigenvalue weighted by molar-refractivity contribution is 7.27. The van der Waals surface area contributed by atoms with Crippen molar-refractivity contribution >= 4 is 53.7 Å². The SMILES string of the molecule is COc1ccc2nc(C)sc2c1C(=O)Nc1cccc(P)c1C(=O)O. The van der Waals surface area contributed by atoms with E-state index in [4.69, 9.17) is 4.74 Å². The molecule has 0 saturated heterocycles. The van der Waals surface area contributed by atoms with Gasteiger partial charge in [0.05, 0.1) is 33.6 Å². The number of nitrogens with one attached hydrogen (secondary N) is 1. The summed E-state index contributed by atoms with van der Waals surface area (Å²) in [6, 6.07) is 8.36. The Kier molecular flexibility index (Phi) is 4.70. The first-order valence-electron chi connectivity index (χ1n) is 7.29. The zero-order valence-electron chi connectivity index (χ0n) is 13.5. The van der Waals surface area contributed by atoms with Gasteiger partial charge in [-0.3, -0.25) is 4.79 Å². The lowest BCUT2D eigenvalue weighted by molar-refractivity contribution is 0.0699. The Balaban J connectivity index is 2.10. The van der Waals surface area contributed by atoms with Crippen LogP contribution < -0.4 is 15.4 Å². The van der Waals surface area contributed by atoms with Crippen molar-refractivity contribution in [1.29, 1.82) is 0 Å². The smallest absolute Gasteiger partial charge is 0.338 e. The third-order valence-corrected chi connectivity index (χ3v) is 5.12. The summed E-state index contributed by atoms with van der Waals surface area (Å²) in [5.41, 5.74) is 1.31. The van der Waals surface area contributed by atoms with Gasteiger partial charge < -0.3 is 15.2 Å². The number of thiazole rings is 1. The van der Waals surface area contributed by atoms with E-state index in [1.807, 2.05) is 6.92 Å². The standard InChI is InChI=1S/C17H15N2O4PS/c1-8-18-10-6-7-11(23-2)14(15(10)25-8)16(20)19-9-4-3-5-12(24)13(9)17(21)22/h3-7H,24H2,1-2H3,(H,19,20)(H,21,22). The number of rotatable bonds is 4. The second-order valence-corrected chi connectivity index (χ2v) is 7.08. The molecule has 2 aromatic carbocycles. The van der Waals surface area contributed by atoms with Crippen molar-refractivity contribution in [2.75, 3.05) is 12.4 Å². The van der Waals surface area contributed by atoms with Crippen LogP contribution >= 0.6 is 20.6 Å². The summed E-state index contributed by atoms with van der Waals surface area (Å²) in [6.07, 6.45) is 0. The summed E-state index contributed by atoms with van der Waals surface area (Å²) < 4.78 is 6.02. The van der Waals surface area contributed by atoms with Gasteiger partial charge in [0.15, 0.2) is 0 Å². The number of methoxy groups -OCH3 is 1. The molecule has 1 amide bonds. The molecule has 0 aliphatic heterocycles. The van der Waals surface area contributed by atoms with Crippen molar-refractivity contribution < 1.29 is 19.4 Å². The Hall–Kier alpha value is -2.50. The molecule has 25 heavy (non-hydrogen) atoms. The number of benzene rings is 2. The molecular formula is C17H15N2O4PS. The summed E-state index contributed by atoms with van der Waals surface area (Å²) in [4.78, 5) is 28.8. The molecule has 0 saturated carbocycles. The van der Waals surface area contributed by atoms with Crippen LogP contribution in [-0.2, 0) is 0 Å². The first-order chi connectivity index (χ1) is 11.9. The number of carbonyl (C=O) groups excluding carboxylic acids is 1. The number of hydrogen-bond acceptors (Lipinski definition) is 5. The number of aromatic carboxylic acids is 1. The van der Waals surface area contributed by atoms with Gasteiger partial charge in [-0.2, -0.15) is 0 Å². The highest BCUT2D eigenvalue weighted by Crippen LogP contribution is 2.33. The van der Waals surface area contributed by atoms with Gasteiger partial charge in [-0.25, -0.2) is 9.78 Å². The topological polar surface area (TPSA) is 88.5 Å². The van der Waals surface area contributed by atoms with Crippen molar-refractivity contribution in [3.05, 3.63) is 46.5 Å². The van der Waals surface area contributed by atoms with Crippen LogP contribution in [0.1, 0.15) is 25.7 Å². The van der Waals surface area contributed by atoms with Gasteiger partial charge in [0, 0.05) is 0 Å². The third-order valence-electron chi connectivity index (χ3n) is 3.63. The molecule has 1 unspecified atom stereocenters. The van der Waals surface area contributed by atoms with Crippen molar-refractivity contribution in [1.82, 2.24) is 4.98 Å². The van der Waals surface area contributed by atoms with Crippen LogP contribution in [0, 0.1) is 6.92 Å². The quantitative estimate of drug-likeness (QED) is 0.685. The van der Waals surface area contributed by atoms with E-state index in [0.717, 1.165) is 5.01 Å². The first-order valence-corrected chi connectivity index (χ1v) is 8.69. The predicted octanol–water partition coefficient (Wildman–Crippen LogP) is 3.06. The molecule has 0 bridgehead atoms. The number of nitrogens with zero attached hydrogens (tertiary/aromatic N) is 1. The van der Waals surface area contributed by atoms with Crippen LogP contribution in [-0.4, -0.2) is 29.1 Å². The molecule has 1 heterocycles. The van der Waals surface area contributed by atoms with Crippen LogP contribution in [0.5, 0.6) is 5.75 Å². The van der Waals surface area contributed by atoms with Crippen LogP contribution in [0.2, 0.25) is 0 Å². The summed E-state index contributed by atoms with van der Waals surface area (Å²) in [7, 11) is 3.84. The molecular weight excluding hydrogens is 359 g/mol. The van der Waals surface area contributed by atoms with E-state index in [1.54, 1.807) is 30.3 Å². The number of carbonyl (C=O) groups is 2. The number of hydrogen-bond donors (Lipinski definition) is 2. The lowest BCUT2D eigenvalue weighted by Gasteiger charge is -2.13. The van der Waals surface area contributed by atoms with Gasteiger partial charge in [0.1, 0.15) is 11.3 Å². The van der Waals surface area contributed by atoms with Gasteiger partial charge in [-0.05, 0) is 30.4 Å². The number of carboxylic acids is 1. The van der Waals surface area contributed by atoms with Crippen LogP contribution in [0.3, 0.4) is 0 Å². The van der Waals surface area contributed by atoms with E-state index in [9.17, 15) is 14.7 Å². The molecule has 0 fully saturated rings. The molecule has 3 aromatic rings. The number of ether oxygens (including phenoxy) is 1. The number of aryl methyl sites for hydroxylation is 1. The monoisotopic (exact) mass is 374 g/mol. The van der Waals surface area contributed by atoms with Crippen molar-refractivity contribution in [2.24, 2.45) is 0 Å². The molecule has 8 heteroatoms. The fraction of sp³-hybridized carbons (Fsp3) is 0.118. The molecule has 1 atom stereocenters. The van der Waals surface area contributed by atoms with Crippen molar-refractivity contribution in [3.8, 4) is 5.75 Å². The Morgan fingerprint density at radius 1 is 1.24 bits per heavy atom. The Morgan fingerprint density at radius 2 is 2.00 bits per heavy atom. The number of fused-ring (bicyclic) bond motifs is 1. The minimum atomic E-state index is -1.11. The maximum absolute atomic E-state index is 12.9. The second-order valence-electron chi connectivity index (χ2n) is 5.25. The lowest BCUT2D eigenvalue weighted by atomic mass is 10.1. The number of amides is 1. The van der Waals surface area contributed by atoms with Crippen LogP contribution in [0.4, 0.5) is 5.69 Å². The van der Waals surface area contributed by atoms with Crippen molar-refractivity contribution in [3.63, 3.8) is 0 Å². The number of aromatic nitrogens is 1. The van der Waals surface area contributed by atoms with Gasteiger partial charge in [-0.15, -0.1) is 20.6 Å². The summed E-state index contributed by atoms with van der Waals surface area (Å²) in [5, 5.41) is 13.4. The van der Waals surface area contributed by atoms with Crippen molar-refractivity contribution in [2.45, 2.75) is 6.92 Å². The molecule has 0 aliphatic carbocycles. The average molecular weight is 374 g/mol. The molecule has 0 radical (unpaired) electrons. The minimum Gasteiger partial charge on any atom is -0.496 e. The molecule has 128 valence electrons. The summed E-state index contributed by atoms with van der Waals surface area (Å²) >= 11 is 1.39. The minimum absolute atomic E-state index is 0.0347. The third kappa shape index (κ3) is 3.21. The molecule has 1 aromatic heterocycles. The van der Waals surface area contributed by atoms with Gasteiger partial charge in [0.25, 0.3) is 5.91 Å². The zero-order chi connectivity index (χ0) is 18.1. The van der Waals surface area contributed by atoms with E-state index in [2.05, 4.69) is 19.5 Å². The Bertz CT molecular complexity index is 1000. The molecule has 6 nitrogen and oxygen atoms in total.